The Bertz CT molecular complexity index is 266. The summed E-state index contributed by atoms with van der Waals surface area (Å²) < 4.78 is 0. The molecule has 0 spiro atoms. The van der Waals surface area contributed by atoms with E-state index in [4.69, 9.17) is 0 Å². The molecule has 0 aromatic heterocycles. The Balaban J connectivity index is 3.97. The molecule has 0 rings (SSSR count). The zero-order chi connectivity index (χ0) is 17.1. The van der Waals surface area contributed by atoms with E-state index >= 15 is 0 Å². The number of nitrogens with zero attached hydrogens (tertiary/aromatic N) is 2. The van der Waals surface area contributed by atoms with Gasteiger partial charge in [-0.3, -0.25) is 9.80 Å². The van der Waals surface area contributed by atoms with Crippen LogP contribution < -0.4 is 0 Å². The van der Waals surface area contributed by atoms with Gasteiger partial charge in [0, 0.05) is 37.3 Å². The zero-order valence-corrected chi connectivity index (χ0v) is 16.3. The third kappa shape index (κ3) is 9.42. The zero-order valence-electron chi connectivity index (χ0n) is 16.3. The Labute approximate surface area is 140 Å². The summed E-state index contributed by atoms with van der Waals surface area (Å²) in [6.45, 7) is 20.3. The quantitative estimate of drug-likeness (QED) is 0.386. The summed E-state index contributed by atoms with van der Waals surface area (Å²) in [4.78, 5) is 5.02. The molecule has 0 aromatic rings. The second kappa shape index (κ2) is 11.9. The lowest BCUT2D eigenvalue weighted by molar-refractivity contribution is 0.196. The molecule has 0 N–H and O–H groups in total. The van der Waals surface area contributed by atoms with Crippen LogP contribution in [0.2, 0.25) is 0 Å². The van der Waals surface area contributed by atoms with Crippen molar-refractivity contribution in [3.05, 3.63) is 24.3 Å². The third-order valence-corrected chi connectivity index (χ3v) is 4.12. The molecule has 0 atom stereocenters. The highest BCUT2D eigenvalue weighted by atomic mass is 15.2. The van der Waals surface area contributed by atoms with Crippen LogP contribution in [0.4, 0.5) is 0 Å². The van der Waals surface area contributed by atoms with Crippen LogP contribution >= 0.6 is 0 Å². The average molecular weight is 309 g/mol. The summed E-state index contributed by atoms with van der Waals surface area (Å²) >= 11 is 0. The molecule has 0 aliphatic rings. The van der Waals surface area contributed by atoms with Crippen molar-refractivity contribution in [3.8, 4) is 0 Å². The van der Waals surface area contributed by atoms with E-state index in [-0.39, 0.29) is 0 Å². The molecule has 0 unspecified atom stereocenters. The molecule has 0 aliphatic carbocycles. The lowest BCUT2D eigenvalue weighted by atomic mass is 10.2. The summed E-state index contributed by atoms with van der Waals surface area (Å²) in [5.74, 6) is 0. The fraction of sp³-hybridized carbons (Fsp3) is 0.800. The summed E-state index contributed by atoms with van der Waals surface area (Å²) in [6, 6.07) is 2.45. The lowest BCUT2D eigenvalue weighted by Gasteiger charge is -2.29. The van der Waals surface area contributed by atoms with Crippen LogP contribution in [0, 0.1) is 0 Å². The van der Waals surface area contributed by atoms with Crippen molar-refractivity contribution in [2.24, 2.45) is 0 Å². The van der Waals surface area contributed by atoms with Gasteiger partial charge in [0.25, 0.3) is 0 Å². The smallest absolute Gasteiger partial charge is 0.0168 e. The van der Waals surface area contributed by atoms with Gasteiger partial charge in [-0.1, -0.05) is 24.3 Å². The van der Waals surface area contributed by atoms with Gasteiger partial charge in [0.1, 0.15) is 0 Å². The minimum Gasteiger partial charge on any atom is -0.295 e. The second-order valence-corrected chi connectivity index (χ2v) is 7.29. The molecule has 22 heavy (non-hydrogen) atoms. The van der Waals surface area contributed by atoms with Crippen LogP contribution in [-0.4, -0.2) is 47.1 Å². The Morgan fingerprint density at radius 3 is 1.00 bits per heavy atom. The molecule has 2 nitrogen and oxygen atoms in total. The fourth-order valence-electron chi connectivity index (χ4n) is 2.86. The van der Waals surface area contributed by atoms with Crippen molar-refractivity contribution in [2.45, 2.75) is 92.4 Å². The van der Waals surface area contributed by atoms with Crippen molar-refractivity contribution in [3.63, 3.8) is 0 Å². The standard InChI is InChI=1S/C20H40N2/c1-17(2)21(18(3)4)15-13-11-9-10-12-14-16-22(19(5)6)20(7)8/h11-14,17-20H,9-10,15-16H2,1-8H3/b13-11-,14-12-. The highest BCUT2D eigenvalue weighted by Crippen LogP contribution is 2.06. The molecule has 0 bridgehead atoms. The highest BCUT2D eigenvalue weighted by molar-refractivity contribution is 4.92. The van der Waals surface area contributed by atoms with Crippen molar-refractivity contribution >= 4 is 0 Å². The number of unbranched alkanes of at least 4 members (excludes halogenated alkanes) is 1. The maximum absolute atomic E-state index is 2.51. The van der Waals surface area contributed by atoms with Crippen LogP contribution in [0.5, 0.6) is 0 Å². The molecule has 0 aliphatic heterocycles. The Kier molecular flexibility index (Phi) is 11.6. The van der Waals surface area contributed by atoms with Gasteiger partial charge < -0.3 is 0 Å². The van der Waals surface area contributed by atoms with Gasteiger partial charge in [-0.2, -0.15) is 0 Å². The molecule has 0 saturated heterocycles. The number of rotatable bonds is 11. The molecule has 130 valence electrons. The highest BCUT2D eigenvalue weighted by Gasteiger charge is 2.11. The average Bonchev–Trinajstić information content (AvgIpc) is 2.38. The van der Waals surface area contributed by atoms with Gasteiger partial charge in [0.2, 0.25) is 0 Å². The van der Waals surface area contributed by atoms with Crippen molar-refractivity contribution in [1.29, 1.82) is 0 Å². The molecule has 0 aromatic carbocycles. The van der Waals surface area contributed by atoms with Crippen LogP contribution in [0.15, 0.2) is 24.3 Å². The number of hydrogen-bond acceptors (Lipinski definition) is 2. The molecular formula is C20H40N2. The van der Waals surface area contributed by atoms with Gasteiger partial charge in [-0.25, -0.2) is 0 Å². The van der Waals surface area contributed by atoms with E-state index in [1.807, 2.05) is 0 Å². The first-order valence-corrected chi connectivity index (χ1v) is 9.08. The summed E-state index contributed by atoms with van der Waals surface area (Å²) in [5.41, 5.74) is 0. The number of hydrogen-bond donors (Lipinski definition) is 0. The summed E-state index contributed by atoms with van der Waals surface area (Å²) in [6.07, 6.45) is 11.6. The minimum absolute atomic E-state index is 0.614. The molecule has 2 heteroatoms. The van der Waals surface area contributed by atoms with Gasteiger partial charge in [0.15, 0.2) is 0 Å². The van der Waals surface area contributed by atoms with E-state index in [1.165, 1.54) is 0 Å². The largest absolute Gasteiger partial charge is 0.295 e. The first kappa shape index (κ1) is 21.4. The first-order valence-electron chi connectivity index (χ1n) is 9.08. The SMILES string of the molecule is CC(C)N(C/C=C\CC/C=C\CN(C(C)C)C(C)C)C(C)C. The minimum atomic E-state index is 0.614. The van der Waals surface area contributed by atoms with Crippen LogP contribution in [-0.2, 0) is 0 Å². The van der Waals surface area contributed by atoms with E-state index in [2.05, 4.69) is 89.5 Å². The molecule has 0 heterocycles. The van der Waals surface area contributed by atoms with E-state index in [1.54, 1.807) is 0 Å². The van der Waals surface area contributed by atoms with E-state index in [0.29, 0.717) is 24.2 Å². The monoisotopic (exact) mass is 308 g/mol. The Morgan fingerprint density at radius 2 is 0.773 bits per heavy atom. The molecule has 0 fully saturated rings. The van der Waals surface area contributed by atoms with E-state index in [9.17, 15) is 0 Å². The third-order valence-electron chi connectivity index (χ3n) is 4.12. The first-order chi connectivity index (χ1) is 10.3. The summed E-state index contributed by atoms with van der Waals surface area (Å²) in [7, 11) is 0. The maximum atomic E-state index is 2.51. The predicted molar refractivity (Wildman–Crippen MR) is 101 cm³/mol. The number of allylic oxidation sites excluding steroid dienone is 2. The van der Waals surface area contributed by atoms with Gasteiger partial charge in [-0.05, 0) is 68.2 Å². The van der Waals surface area contributed by atoms with E-state index in [0.717, 1.165) is 25.9 Å². The van der Waals surface area contributed by atoms with Gasteiger partial charge in [0.05, 0.1) is 0 Å². The molecule has 0 saturated carbocycles. The molecular weight excluding hydrogens is 268 g/mol. The Morgan fingerprint density at radius 1 is 0.500 bits per heavy atom. The van der Waals surface area contributed by atoms with Crippen molar-refractivity contribution in [2.75, 3.05) is 13.1 Å². The predicted octanol–water partition coefficient (Wildman–Crippen LogP) is 5.12. The maximum Gasteiger partial charge on any atom is 0.0168 e. The van der Waals surface area contributed by atoms with Crippen LogP contribution in [0.3, 0.4) is 0 Å². The van der Waals surface area contributed by atoms with E-state index < -0.39 is 0 Å². The lowest BCUT2D eigenvalue weighted by Crippen LogP contribution is -2.37. The Hall–Kier alpha value is -0.600. The topological polar surface area (TPSA) is 6.48 Å². The second-order valence-electron chi connectivity index (χ2n) is 7.29. The van der Waals surface area contributed by atoms with Crippen molar-refractivity contribution in [1.82, 2.24) is 9.80 Å². The molecule has 0 radical (unpaired) electrons. The summed E-state index contributed by atoms with van der Waals surface area (Å²) in [5, 5.41) is 0. The van der Waals surface area contributed by atoms with Crippen LogP contribution in [0.1, 0.15) is 68.2 Å². The van der Waals surface area contributed by atoms with Gasteiger partial charge >= 0.3 is 0 Å². The normalized spacial score (nSPS) is 13.5. The fourth-order valence-corrected chi connectivity index (χ4v) is 2.86. The molecule has 0 amide bonds. The van der Waals surface area contributed by atoms with Crippen LogP contribution in [0.25, 0.3) is 0 Å². The van der Waals surface area contributed by atoms with Crippen molar-refractivity contribution < 1.29 is 0 Å². The van der Waals surface area contributed by atoms with Gasteiger partial charge in [-0.15, -0.1) is 0 Å².